The SMILES string of the molecule is CC(C)(N)C(=O)Nc1ccc2c(c1)OCC(=O)N2.Cl. The molecule has 2 amide bonds. The quantitative estimate of drug-likeness (QED) is 0.759. The summed E-state index contributed by atoms with van der Waals surface area (Å²) in [4.78, 5) is 22.8. The number of ether oxygens (including phenoxy) is 1. The van der Waals surface area contributed by atoms with Crippen molar-refractivity contribution in [3.05, 3.63) is 18.2 Å². The molecular formula is C12H16ClN3O3. The lowest BCUT2D eigenvalue weighted by Gasteiger charge is -2.21. The van der Waals surface area contributed by atoms with Gasteiger partial charge in [-0.15, -0.1) is 12.4 Å². The molecule has 1 aromatic rings. The van der Waals surface area contributed by atoms with Gasteiger partial charge in [0.15, 0.2) is 6.61 Å². The summed E-state index contributed by atoms with van der Waals surface area (Å²) in [6.45, 7) is 3.22. The van der Waals surface area contributed by atoms with E-state index in [0.717, 1.165) is 0 Å². The highest BCUT2D eigenvalue weighted by Crippen LogP contribution is 2.30. The van der Waals surface area contributed by atoms with E-state index in [1.807, 2.05) is 0 Å². The number of benzene rings is 1. The molecule has 0 atom stereocenters. The minimum Gasteiger partial charge on any atom is -0.482 e. The van der Waals surface area contributed by atoms with Gasteiger partial charge >= 0.3 is 0 Å². The average Bonchev–Trinajstić information content (AvgIpc) is 2.28. The summed E-state index contributed by atoms with van der Waals surface area (Å²) in [6, 6.07) is 5.00. The van der Waals surface area contributed by atoms with Crippen LogP contribution in [0.15, 0.2) is 18.2 Å². The molecule has 7 heteroatoms. The van der Waals surface area contributed by atoms with Crippen molar-refractivity contribution in [3.63, 3.8) is 0 Å². The van der Waals surface area contributed by atoms with Gasteiger partial charge in [-0.25, -0.2) is 0 Å². The van der Waals surface area contributed by atoms with Gasteiger partial charge in [-0.2, -0.15) is 0 Å². The fourth-order valence-electron chi connectivity index (χ4n) is 1.44. The van der Waals surface area contributed by atoms with Crippen molar-refractivity contribution in [1.29, 1.82) is 0 Å². The van der Waals surface area contributed by atoms with E-state index in [9.17, 15) is 9.59 Å². The number of fused-ring (bicyclic) bond motifs is 1. The second-order valence-electron chi connectivity index (χ2n) is 4.72. The lowest BCUT2D eigenvalue weighted by atomic mass is 10.1. The van der Waals surface area contributed by atoms with Crippen molar-refractivity contribution in [2.24, 2.45) is 5.73 Å². The number of carbonyl (C=O) groups excluding carboxylic acids is 2. The number of nitrogens with one attached hydrogen (secondary N) is 2. The van der Waals surface area contributed by atoms with E-state index in [0.29, 0.717) is 17.1 Å². The largest absolute Gasteiger partial charge is 0.482 e. The third-order valence-electron chi connectivity index (χ3n) is 2.46. The van der Waals surface area contributed by atoms with Crippen LogP contribution >= 0.6 is 12.4 Å². The minimum atomic E-state index is -0.953. The highest BCUT2D eigenvalue weighted by molar-refractivity contribution is 5.99. The van der Waals surface area contributed by atoms with Gasteiger partial charge in [0.1, 0.15) is 5.75 Å². The van der Waals surface area contributed by atoms with Gasteiger partial charge in [0, 0.05) is 11.8 Å². The van der Waals surface area contributed by atoms with Crippen molar-refractivity contribution in [3.8, 4) is 5.75 Å². The second-order valence-corrected chi connectivity index (χ2v) is 4.72. The van der Waals surface area contributed by atoms with E-state index in [1.165, 1.54) is 0 Å². The van der Waals surface area contributed by atoms with Crippen molar-refractivity contribution >= 4 is 35.6 Å². The molecule has 0 spiro atoms. The van der Waals surface area contributed by atoms with Crippen LogP contribution in [0.3, 0.4) is 0 Å². The number of hydrogen-bond donors (Lipinski definition) is 3. The Kier molecular flexibility index (Phi) is 4.39. The Bertz CT molecular complexity index is 511. The summed E-state index contributed by atoms with van der Waals surface area (Å²) in [5.74, 6) is 0.0481. The monoisotopic (exact) mass is 285 g/mol. The van der Waals surface area contributed by atoms with Crippen molar-refractivity contribution < 1.29 is 14.3 Å². The first kappa shape index (κ1) is 15.3. The summed E-state index contributed by atoms with van der Waals surface area (Å²) >= 11 is 0. The predicted octanol–water partition coefficient (Wildman–Crippen LogP) is 1.12. The molecule has 0 saturated heterocycles. The molecular weight excluding hydrogens is 270 g/mol. The minimum absolute atomic E-state index is 0. The summed E-state index contributed by atoms with van der Waals surface area (Å²) in [7, 11) is 0. The number of anilines is 2. The molecule has 4 N–H and O–H groups in total. The molecule has 0 bridgehead atoms. The molecule has 0 fully saturated rings. The van der Waals surface area contributed by atoms with Gasteiger partial charge in [-0.1, -0.05) is 0 Å². The number of amides is 2. The third kappa shape index (κ3) is 3.59. The van der Waals surface area contributed by atoms with Gasteiger partial charge in [0.2, 0.25) is 5.91 Å². The number of hydrogen-bond acceptors (Lipinski definition) is 4. The van der Waals surface area contributed by atoms with Gasteiger partial charge < -0.3 is 21.1 Å². The molecule has 2 rings (SSSR count). The lowest BCUT2D eigenvalue weighted by Crippen LogP contribution is -2.45. The Morgan fingerprint density at radius 1 is 1.47 bits per heavy atom. The fourth-order valence-corrected chi connectivity index (χ4v) is 1.44. The summed E-state index contributed by atoms with van der Waals surface area (Å²) in [5.41, 5.74) is 5.90. The molecule has 1 aliphatic heterocycles. The molecule has 1 aromatic carbocycles. The second kappa shape index (κ2) is 5.46. The first-order valence-corrected chi connectivity index (χ1v) is 5.53. The molecule has 1 aliphatic rings. The molecule has 0 saturated carbocycles. The van der Waals surface area contributed by atoms with Gasteiger partial charge in [0.05, 0.1) is 11.2 Å². The third-order valence-corrected chi connectivity index (χ3v) is 2.46. The highest BCUT2D eigenvalue weighted by atomic mass is 35.5. The fraction of sp³-hybridized carbons (Fsp3) is 0.333. The molecule has 19 heavy (non-hydrogen) atoms. The zero-order chi connectivity index (χ0) is 13.3. The smallest absolute Gasteiger partial charge is 0.262 e. The Labute approximate surface area is 117 Å². The van der Waals surface area contributed by atoms with Crippen LogP contribution in [0, 0.1) is 0 Å². The molecule has 0 aromatic heterocycles. The molecule has 1 heterocycles. The standard InChI is InChI=1S/C12H15N3O3.ClH/c1-12(2,13)11(17)14-7-3-4-8-9(5-7)18-6-10(16)15-8;/h3-5H,6,13H2,1-2H3,(H,14,17)(H,15,16);1H. The topological polar surface area (TPSA) is 93.5 Å². The number of carbonyl (C=O) groups is 2. The summed E-state index contributed by atoms with van der Waals surface area (Å²) in [5, 5.41) is 5.36. The van der Waals surface area contributed by atoms with Crippen LogP contribution < -0.4 is 21.1 Å². The molecule has 6 nitrogen and oxygen atoms in total. The van der Waals surface area contributed by atoms with Crippen LogP contribution in [0.1, 0.15) is 13.8 Å². The first-order valence-electron chi connectivity index (χ1n) is 5.53. The maximum absolute atomic E-state index is 11.7. The maximum atomic E-state index is 11.7. The van der Waals surface area contributed by atoms with Crippen LogP contribution in [0.2, 0.25) is 0 Å². The zero-order valence-corrected chi connectivity index (χ0v) is 11.5. The van der Waals surface area contributed by atoms with E-state index in [2.05, 4.69) is 10.6 Å². The van der Waals surface area contributed by atoms with Crippen molar-refractivity contribution in [1.82, 2.24) is 0 Å². The van der Waals surface area contributed by atoms with Gasteiger partial charge in [-0.3, -0.25) is 9.59 Å². The number of rotatable bonds is 2. The van der Waals surface area contributed by atoms with Crippen LogP contribution in [-0.2, 0) is 9.59 Å². The maximum Gasteiger partial charge on any atom is 0.262 e. The van der Waals surface area contributed by atoms with Crippen LogP contribution in [0.25, 0.3) is 0 Å². The van der Waals surface area contributed by atoms with Crippen molar-refractivity contribution in [2.45, 2.75) is 19.4 Å². The molecule has 104 valence electrons. The summed E-state index contributed by atoms with van der Waals surface area (Å²) in [6.07, 6.45) is 0. The van der Waals surface area contributed by atoms with Gasteiger partial charge in [0.25, 0.3) is 5.91 Å². The van der Waals surface area contributed by atoms with E-state index in [-0.39, 0.29) is 30.8 Å². The van der Waals surface area contributed by atoms with Crippen LogP contribution in [0.4, 0.5) is 11.4 Å². The molecule has 0 radical (unpaired) electrons. The number of nitrogens with two attached hydrogens (primary N) is 1. The average molecular weight is 286 g/mol. The first-order chi connectivity index (χ1) is 8.36. The highest BCUT2D eigenvalue weighted by Gasteiger charge is 2.22. The Hall–Kier alpha value is -1.79. The predicted molar refractivity (Wildman–Crippen MR) is 74.7 cm³/mol. The van der Waals surface area contributed by atoms with E-state index in [4.69, 9.17) is 10.5 Å². The Morgan fingerprint density at radius 3 is 2.79 bits per heavy atom. The Morgan fingerprint density at radius 2 is 2.16 bits per heavy atom. The molecule has 0 aliphatic carbocycles. The zero-order valence-electron chi connectivity index (χ0n) is 10.6. The van der Waals surface area contributed by atoms with E-state index in [1.54, 1.807) is 32.0 Å². The molecule has 0 unspecified atom stereocenters. The van der Waals surface area contributed by atoms with Crippen LogP contribution in [0.5, 0.6) is 5.75 Å². The summed E-state index contributed by atoms with van der Waals surface area (Å²) < 4.78 is 5.25. The Balaban J connectivity index is 0.00000180. The van der Waals surface area contributed by atoms with E-state index < -0.39 is 5.54 Å². The van der Waals surface area contributed by atoms with Gasteiger partial charge in [-0.05, 0) is 26.0 Å². The van der Waals surface area contributed by atoms with Crippen molar-refractivity contribution in [2.75, 3.05) is 17.2 Å². The van der Waals surface area contributed by atoms with Crippen LogP contribution in [-0.4, -0.2) is 24.0 Å². The normalized spacial score (nSPS) is 13.5. The number of halogens is 1. The van der Waals surface area contributed by atoms with E-state index >= 15 is 0 Å². The lowest BCUT2D eigenvalue weighted by molar-refractivity contribution is -0.120.